The number of β-lactam (4-membered cyclic amide) rings is 1. The van der Waals surface area contributed by atoms with E-state index in [0.717, 1.165) is 0 Å². The molecule has 0 unspecified atom stereocenters. The number of carboxylic acid groups (broad SMARTS) is 1. The van der Waals surface area contributed by atoms with Gasteiger partial charge in [-0.3, -0.25) is 14.0 Å². The van der Waals surface area contributed by atoms with Crippen LogP contribution in [0.4, 0.5) is 0 Å². The predicted octanol–water partition coefficient (Wildman–Crippen LogP) is -2.93. The number of aliphatic hydroxyl groups is 1. The predicted molar refractivity (Wildman–Crippen MR) is 90.0 cm³/mol. The molecule has 0 aliphatic carbocycles. The minimum atomic E-state index is -1.42. The Labute approximate surface area is 180 Å². The SMILES string of the molecule is CCC(=O)c1ncn2cc(C3=C(C(=O)[O-])N4C(=O)[C@H]([C@@H](C)O)[C@H]4C3)sc12.[Na+]. The molecule has 4 heterocycles. The number of hydrogen-bond acceptors (Lipinski definition) is 7. The van der Waals surface area contributed by atoms with Crippen LogP contribution in [0.3, 0.4) is 0 Å². The molecule has 0 aromatic carbocycles. The van der Waals surface area contributed by atoms with E-state index >= 15 is 0 Å². The Morgan fingerprint density at radius 1 is 1.48 bits per heavy atom. The third-order valence-electron chi connectivity index (χ3n) is 5.02. The smallest absolute Gasteiger partial charge is 0.543 e. The summed E-state index contributed by atoms with van der Waals surface area (Å²) in [7, 11) is 0. The summed E-state index contributed by atoms with van der Waals surface area (Å²) in [6, 6.07) is -0.373. The van der Waals surface area contributed by atoms with Gasteiger partial charge in [0.15, 0.2) is 5.78 Å². The fourth-order valence-corrected chi connectivity index (χ4v) is 4.92. The van der Waals surface area contributed by atoms with Gasteiger partial charge < -0.3 is 19.9 Å². The molecule has 4 rings (SSSR count). The molecule has 0 spiro atoms. The number of fused-ring (bicyclic) bond motifs is 2. The molecular formula is C17H16N3NaO5S. The first-order chi connectivity index (χ1) is 12.3. The zero-order valence-corrected chi connectivity index (χ0v) is 17.9. The van der Waals surface area contributed by atoms with E-state index in [1.54, 1.807) is 17.5 Å². The molecule has 0 bridgehead atoms. The maximum Gasteiger partial charge on any atom is 1.00 e. The van der Waals surface area contributed by atoms with Crippen molar-refractivity contribution in [2.45, 2.75) is 38.8 Å². The van der Waals surface area contributed by atoms with Crippen molar-refractivity contribution in [3.05, 3.63) is 28.8 Å². The first kappa shape index (κ1) is 20.2. The zero-order valence-electron chi connectivity index (χ0n) is 15.1. The van der Waals surface area contributed by atoms with E-state index in [-0.39, 0.29) is 47.1 Å². The molecule has 27 heavy (non-hydrogen) atoms. The largest absolute Gasteiger partial charge is 1.00 e. The summed E-state index contributed by atoms with van der Waals surface area (Å²) in [6.45, 7) is 3.28. The van der Waals surface area contributed by atoms with Crippen molar-refractivity contribution in [1.29, 1.82) is 0 Å². The number of rotatable bonds is 5. The van der Waals surface area contributed by atoms with Gasteiger partial charge >= 0.3 is 29.6 Å². The van der Waals surface area contributed by atoms with Gasteiger partial charge in [-0.15, -0.1) is 11.3 Å². The fourth-order valence-electron chi connectivity index (χ4n) is 3.78. The van der Waals surface area contributed by atoms with Crippen molar-refractivity contribution in [2.24, 2.45) is 5.92 Å². The molecule has 2 aromatic rings. The number of carboxylic acids is 1. The molecule has 2 aliphatic rings. The van der Waals surface area contributed by atoms with E-state index in [0.29, 0.717) is 33.8 Å². The summed E-state index contributed by atoms with van der Waals surface area (Å²) in [5.74, 6) is -2.51. The van der Waals surface area contributed by atoms with Gasteiger partial charge in [-0.1, -0.05) is 6.92 Å². The van der Waals surface area contributed by atoms with Gasteiger partial charge in [-0.2, -0.15) is 0 Å². The van der Waals surface area contributed by atoms with Gasteiger partial charge in [-0.25, -0.2) is 4.98 Å². The molecule has 8 nitrogen and oxygen atoms in total. The van der Waals surface area contributed by atoms with Gasteiger partial charge in [0.2, 0.25) is 5.91 Å². The van der Waals surface area contributed by atoms with Crippen LogP contribution in [0.25, 0.3) is 10.4 Å². The Hall–Kier alpha value is -1.52. The number of thiazole rings is 1. The minimum Gasteiger partial charge on any atom is -0.543 e. The number of Topliss-reactive ketones (excluding diaryl/α,β-unsaturated/α-hetero) is 1. The topological polar surface area (TPSA) is 115 Å². The number of amides is 1. The number of imidazole rings is 1. The maximum atomic E-state index is 12.3. The second kappa shape index (κ2) is 7.14. The van der Waals surface area contributed by atoms with Crippen LogP contribution in [0.5, 0.6) is 0 Å². The van der Waals surface area contributed by atoms with Crippen molar-refractivity contribution >= 4 is 39.4 Å². The molecule has 2 aromatic heterocycles. The summed E-state index contributed by atoms with van der Waals surface area (Å²) in [6.07, 6.45) is 3.05. The number of hydrogen-bond donors (Lipinski definition) is 1. The maximum absolute atomic E-state index is 12.3. The quantitative estimate of drug-likeness (QED) is 0.328. The van der Waals surface area contributed by atoms with Gasteiger partial charge in [0.25, 0.3) is 0 Å². The monoisotopic (exact) mass is 397 g/mol. The number of carbonyl (C=O) groups is 3. The molecule has 0 radical (unpaired) electrons. The molecule has 2 aliphatic heterocycles. The first-order valence-electron chi connectivity index (χ1n) is 8.30. The van der Waals surface area contributed by atoms with Crippen molar-refractivity contribution in [1.82, 2.24) is 14.3 Å². The number of nitrogens with zero attached hydrogens (tertiary/aromatic N) is 3. The zero-order chi connectivity index (χ0) is 18.7. The van der Waals surface area contributed by atoms with Crippen LogP contribution in [0.2, 0.25) is 0 Å². The molecule has 1 amide bonds. The summed E-state index contributed by atoms with van der Waals surface area (Å²) in [5, 5.41) is 21.5. The van der Waals surface area contributed by atoms with E-state index in [9.17, 15) is 24.6 Å². The Bertz CT molecular complexity index is 992. The average Bonchev–Trinajstić information content (AvgIpc) is 3.23. The fraction of sp³-hybridized carbons (Fsp3) is 0.412. The van der Waals surface area contributed by atoms with Gasteiger partial charge in [0.1, 0.15) is 16.9 Å². The van der Waals surface area contributed by atoms with E-state index in [1.807, 2.05) is 0 Å². The molecule has 3 atom stereocenters. The van der Waals surface area contributed by atoms with Crippen molar-refractivity contribution in [2.75, 3.05) is 0 Å². The van der Waals surface area contributed by atoms with Gasteiger partial charge in [-0.05, 0) is 18.9 Å². The number of aliphatic carboxylic acids is 1. The Kier molecular flexibility index (Phi) is 5.35. The minimum absolute atomic E-state index is 0. The second-order valence-corrected chi connectivity index (χ2v) is 7.57. The van der Waals surface area contributed by atoms with Crippen molar-refractivity contribution < 1.29 is 54.2 Å². The third kappa shape index (κ3) is 2.89. The van der Waals surface area contributed by atoms with Crippen LogP contribution < -0.4 is 34.7 Å². The molecule has 1 saturated heterocycles. The van der Waals surface area contributed by atoms with E-state index < -0.39 is 23.9 Å². The molecule has 10 heteroatoms. The van der Waals surface area contributed by atoms with Crippen LogP contribution >= 0.6 is 11.3 Å². The average molecular weight is 397 g/mol. The summed E-state index contributed by atoms with van der Waals surface area (Å²) in [4.78, 5) is 42.6. The van der Waals surface area contributed by atoms with Gasteiger partial charge in [0.05, 0.1) is 34.6 Å². The third-order valence-corrected chi connectivity index (χ3v) is 6.19. The molecule has 0 saturated carbocycles. The first-order valence-corrected chi connectivity index (χ1v) is 9.12. The Morgan fingerprint density at radius 2 is 2.19 bits per heavy atom. The molecule has 1 N–H and O–H groups in total. The summed E-state index contributed by atoms with van der Waals surface area (Å²) in [5.41, 5.74) is 0.714. The van der Waals surface area contributed by atoms with Crippen molar-refractivity contribution in [3.63, 3.8) is 0 Å². The van der Waals surface area contributed by atoms with Crippen LogP contribution in [-0.4, -0.2) is 49.2 Å². The molecule has 1 fully saturated rings. The number of carbonyl (C=O) groups excluding carboxylic acids is 3. The normalized spacial score (nSPS) is 22.5. The van der Waals surface area contributed by atoms with Crippen LogP contribution in [0.15, 0.2) is 18.2 Å². The Balaban J connectivity index is 0.00000210. The summed E-state index contributed by atoms with van der Waals surface area (Å²) >= 11 is 1.27. The van der Waals surface area contributed by atoms with Gasteiger partial charge in [0, 0.05) is 12.6 Å². The molecular weight excluding hydrogens is 381 g/mol. The number of aromatic nitrogens is 2. The van der Waals surface area contributed by atoms with E-state index in [4.69, 9.17) is 0 Å². The van der Waals surface area contributed by atoms with E-state index in [1.165, 1.54) is 29.5 Å². The molecule has 136 valence electrons. The van der Waals surface area contributed by atoms with E-state index in [2.05, 4.69) is 4.98 Å². The van der Waals surface area contributed by atoms with Crippen LogP contribution in [0.1, 0.15) is 42.1 Å². The van der Waals surface area contributed by atoms with Crippen LogP contribution in [-0.2, 0) is 9.59 Å². The van der Waals surface area contributed by atoms with Crippen LogP contribution in [0, 0.1) is 5.92 Å². The number of ketones is 1. The van der Waals surface area contributed by atoms with Crippen molar-refractivity contribution in [3.8, 4) is 0 Å². The second-order valence-electron chi connectivity index (χ2n) is 6.54. The Morgan fingerprint density at radius 3 is 2.78 bits per heavy atom. The summed E-state index contributed by atoms with van der Waals surface area (Å²) < 4.78 is 1.69. The number of aliphatic hydroxyl groups excluding tert-OH is 1. The standard InChI is InChI=1S/C17H17N3O5S.Na/c1-3-10(22)13-16-19(6-18-13)5-11(26-16)8-4-9-12(7(2)21)15(23)20(9)14(8)17(24)25;/h5-7,9,12,21H,3-4H2,1-2H3,(H,24,25);/q;+1/p-1/t7-,9-,12-;/m1./s1.